The average Bonchev–Trinajstić information content (AvgIpc) is 3.04. The van der Waals surface area contributed by atoms with E-state index >= 15 is 0 Å². The molecule has 5 nitrogen and oxygen atoms in total. The molecular weight excluding hydrogens is 310 g/mol. The van der Waals surface area contributed by atoms with Gasteiger partial charge in [0.2, 0.25) is 0 Å². The molecule has 0 fully saturated rings. The Bertz CT molecular complexity index is 1020. The molecule has 0 saturated heterocycles. The number of imidazole rings is 1. The van der Waals surface area contributed by atoms with Gasteiger partial charge in [-0.1, -0.05) is 19.1 Å². The number of hydrogen-bond donors (Lipinski definition) is 1. The number of pyridine rings is 1. The monoisotopic (exact) mass is 331 g/mol. The quantitative estimate of drug-likeness (QED) is 0.599. The van der Waals surface area contributed by atoms with E-state index < -0.39 is 0 Å². The van der Waals surface area contributed by atoms with Crippen LogP contribution in [0.5, 0.6) is 0 Å². The van der Waals surface area contributed by atoms with E-state index in [2.05, 4.69) is 53.4 Å². The van der Waals surface area contributed by atoms with Gasteiger partial charge in [0, 0.05) is 24.0 Å². The predicted octanol–water partition coefficient (Wildman–Crippen LogP) is 4.08. The van der Waals surface area contributed by atoms with Gasteiger partial charge in [-0.15, -0.1) is 5.10 Å². The first-order valence-corrected chi connectivity index (χ1v) is 8.67. The van der Waals surface area contributed by atoms with Gasteiger partial charge in [-0.05, 0) is 49.2 Å². The molecule has 4 aromatic rings. The Balaban J connectivity index is 1.66. The first-order chi connectivity index (χ1) is 12.2. The van der Waals surface area contributed by atoms with Crippen LogP contribution >= 0.6 is 0 Å². The van der Waals surface area contributed by atoms with Crippen LogP contribution < -0.4 is 5.32 Å². The average molecular weight is 331 g/mol. The summed E-state index contributed by atoms with van der Waals surface area (Å²) in [6.45, 7) is 4.32. The molecule has 3 heterocycles. The third-order valence-electron chi connectivity index (χ3n) is 4.49. The lowest BCUT2D eigenvalue weighted by molar-refractivity contribution is 0.748. The molecule has 0 radical (unpaired) electrons. The number of fused-ring (bicyclic) bond motifs is 2. The molecule has 0 amide bonds. The largest absolute Gasteiger partial charge is 0.366 e. The zero-order chi connectivity index (χ0) is 17.2. The van der Waals surface area contributed by atoms with Gasteiger partial charge in [-0.3, -0.25) is 4.98 Å². The van der Waals surface area contributed by atoms with E-state index in [9.17, 15) is 0 Å². The zero-order valence-electron chi connectivity index (χ0n) is 14.5. The molecule has 0 aliphatic heterocycles. The lowest BCUT2D eigenvalue weighted by Crippen LogP contribution is -2.15. The van der Waals surface area contributed by atoms with Crippen LogP contribution in [0.2, 0.25) is 0 Å². The predicted molar refractivity (Wildman–Crippen MR) is 101 cm³/mol. The summed E-state index contributed by atoms with van der Waals surface area (Å²) in [4.78, 5) is 8.86. The molecule has 1 aromatic carbocycles. The highest BCUT2D eigenvalue weighted by Gasteiger charge is 2.08. The van der Waals surface area contributed by atoms with Crippen LogP contribution in [-0.2, 0) is 6.42 Å². The minimum absolute atomic E-state index is 0.393. The fourth-order valence-corrected chi connectivity index (χ4v) is 2.92. The molecular formula is C20H21N5. The highest BCUT2D eigenvalue weighted by molar-refractivity contribution is 5.79. The third kappa shape index (κ3) is 3.18. The third-order valence-corrected chi connectivity index (χ3v) is 4.49. The summed E-state index contributed by atoms with van der Waals surface area (Å²) >= 11 is 0. The van der Waals surface area contributed by atoms with Crippen molar-refractivity contribution >= 4 is 22.4 Å². The molecule has 5 heteroatoms. The normalized spacial score (nSPS) is 12.6. The second kappa shape index (κ2) is 6.51. The SMILES string of the molecule is CCC(C)Nc1ccc2ncc(Cc3ccc4ncccc4c3)n2n1. The lowest BCUT2D eigenvalue weighted by Gasteiger charge is -2.12. The van der Waals surface area contributed by atoms with E-state index in [1.807, 2.05) is 35.1 Å². The van der Waals surface area contributed by atoms with Crippen molar-refractivity contribution in [2.24, 2.45) is 0 Å². The summed E-state index contributed by atoms with van der Waals surface area (Å²) in [6, 6.07) is 14.8. The standard InChI is InChI=1S/C20H21N5/c1-3-14(2)23-19-8-9-20-22-13-17(25(20)24-19)12-15-6-7-18-16(11-15)5-4-10-21-18/h4-11,13-14H,3,12H2,1-2H3,(H,23,24). The number of aromatic nitrogens is 4. The topological polar surface area (TPSA) is 55.1 Å². The van der Waals surface area contributed by atoms with E-state index in [0.717, 1.165) is 40.9 Å². The fraction of sp³-hybridized carbons (Fsp3) is 0.250. The number of rotatable bonds is 5. The molecule has 0 bridgehead atoms. The van der Waals surface area contributed by atoms with Gasteiger partial charge in [0.25, 0.3) is 0 Å². The van der Waals surface area contributed by atoms with Gasteiger partial charge >= 0.3 is 0 Å². The van der Waals surface area contributed by atoms with Crippen LogP contribution in [0, 0.1) is 0 Å². The van der Waals surface area contributed by atoms with Crippen molar-refractivity contribution in [3.63, 3.8) is 0 Å². The Hall–Kier alpha value is -2.95. The van der Waals surface area contributed by atoms with Crippen LogP contribution in [-0.4, -0.2) is 25.6 Å². The summed E-state index contributed by atoms with van der Waals surface area (Å²) in [5.41, 5.74) is 4.19. The van der Waals surface area contributed by atoms with Crippen molar-refractivity contribution in [3.05, 3.63) is 66.1 Å². The minimum Gasteiger partial charge on any atom is -0.366 e. The first-order valence-electron chi connectivity index (χ1n) is 8.67. The van der Waals surface area contributed by atoms with Crippen molar-refractivity contribution in [1.82, 2.24) is 19.6 Å². The smallest absolute Gasteiger partial charge is 0.153 e. The molecule has 25 heavy (non-hydrogen) atoms. The van der Waals surface area contributed by atoms with Crippen LogP contribution in [0.4, 0.5) is 5.82 Å². The molecule has 1 N–H and O–H groups in total. The van der Waals surface area contributed by atoms with Gasteiger partial charge in [0.05, 0.1) is 17.4 Å². The van der Waals surface area contributed by atoms with Gasteiger partial charge in [0.15, 0.2) is 5.65 Å². The van der Waals surface area contributed by atoms with Gasteiger partial charge in [0.1, 0.15) is 5.82 Å². The van der Waals surface area contributed by atoms with Crippen molar-refractivity contribution in [3.8, 4) is 0 Å². The number of anilines is 1. The Labute approximate surface area is 146 Å². The van der Waals surface area contributed by atoms with Gasteiger partial charge in [-0.2, -0.15) is 0 Å². The number of nitrogens with one attached hydrogen (secondary N) is 1. The lowest BCUT2D eigenvalue weighted by atomic mass is 10.1. The van der Waals surface area contributed by atoms with Crippen molar-refractivity contribution in [2.45, 2.75) is 32.7 Å². The molecule has 1 unspecified atom stereocenters. The molecule has 4 rings (SSSR count). The molecule has 3 aromatic heterocycles. The Morgan fingerprint density at radius 2 is 2.04 bits per heavy atom. The Morgan fingerprint density at radius 3 is 2.92 bits per heavy atom. The van der Waals surface area contributed by atoms with E-state index in [0.29, 0.717) is 6.04 Å². The van der Waals surface area contributed by atoms with Crippen molar-refractivity contribution < 1.29 is 0 Å². The van der Waals surface area contributed by atoms with Gasteiger partial charge in [-0.25, -0.2) is 9.50 Å². The van der Waals surface area contributed by atoms with Gasteiger partial charge < -0.3 is 5.32 Å². The number of benzene rings is 1. The maximum Gasteiger partial charge on any atom is 0.153 e. The maximum atomic E-state index is 4.71. The second-order valence-electron chi connectivity index (χ2n) is 6.40. The second-order valence-corrected chi connectivity index (χ2v) is 6.40. The first kappa shape index (κ1) is 15.6. The van der Waals surface area contributed by atoms with E-state index in [1.54, 1.807) is 0 Å². The summed E-state index contributed by atoms with van der Waals surface area (Å²) in [6.07, 6.45) is 5.57. The van der Waals surface area contributed by atoms with E-state index in [4.69, 9.17) is 5.10 Å². The highest BCUT2D eigenvalue weighted by Crippen LogP contribution is 2.18. The number of nitrogens with zero attached hydrogens (tertiary/aromatic N) is 4. The van der Waals surface area contributed by atoms with Crippen LogP contribution in [0.3, 0.4) is 0 Å². The Kier molecular flexibility index (Phi) is 4.06. The molecule has 0 aliphatic carbocycles. The molecule has 0 aliphatic rings. The van der Waals surface area contributed by atoms with E-state index in [-0.39, 0.29) is 0 Å². The fourth-order valence-electron chi connectivity index (χ4n) is 2.92. The summed E-state index contributed by atoms with van der Waals surface area (Å²) in [5, 5.41) is 9.29. The van der Waals surface area contributed by atoms with E-state index in [1.165, 1.54) is 5.56 Å². The van der Waals surface area contributed by atoms with Crippen LogP contribution in [0.1, 0.15) is 31.5 Å². The minimum atomic E-state index is 0.393. The maximum absolute atomic E-state index is 4.71. The zero-order valence-corrected chi connectivity index (χ0v) is 14.5. The van der Waals surface area contributed by atoms with Crippen LogP contribution in [0.15, 0.2) is 54.9 Å². The van der Waals surface area contributed by atoms with Crippen molar-refractivity contribution in [1.29, 1.82) is 0 Å². The molecule has 0 saturated carbocycles. The molecule has 1 atom stereocenters. The summed E-state index contributed by atoms with van der Waals surface area (Å²) in [7, 11) is 0. The van der Waals surface area contributed by atoms with Crippen molar-refractivity contribution in [2.75, 3.05) is 5.32 Å². The summed E-state index contributed by atoms with van der Waals surface area (Å²) in [5.74, 6) is 0.879. The summed E-state index contributed by atoms with van der Waals surface area (Å²) < 4.78 is 1.93. The molecule has 0 spiro atoms. The molecule has 126 valence electrons. The number of hydrogen-bond acceptors (Lipinski definition) is 4. The Morgan fingerprint density at radius 1 is 1.12 bits per heavy atom. The highest BCUT2D eigenvalue weighted by atomic mass is 15.3. The van der Waals surface area contributed by atoms with Crippen LogP contribution in [0.25, 0.3) is 16.6 Å².